The van der Waals surface area contributed by atoms with Crippen LogP contribution < -0.4 is 4.90 Å². The van der Waals surface area contributed by atoms with Crippen LogP contribution in [0.15, 0.2) is 18.2 Å². The summed E-state index contributed by atoms with van der Waals surface area (Å²) in [5, 5.41) is 9.49. The van der Waals surface area contributed by atoms with Crippen molar-refractivity contribution in [2.75, 3.05) is 37.8 Å². The summed E-state index contributed by atoms with van der Waals surface area (Å²) in [5.41, 5.74) is 4.07. The second-order valence-corrected chi connectivity index (χ2v) is 5.45. The van der Waals surface area contributed by atoms with Crippen LogP contribution in [-0.2, 0) is 11.2 Å². The van der Waals surface area contributed by atoms with Crippen LogP contribution in [-0.4, -0.2) is 38.0 Å². The van der Waals surface area contributed by atoms with Crippen LogP contribution in [0.5, 0.6) is 0 Å². The van der Waals surface area contributed by atoms with Crippen molar-refractivity contribution >= 4 is 5.69 Å². The number of rotatable bonds is 3. The largest absolute Gasteiger partial charge is 0.396 e. The lowest BCUT2D eigenvalue weighted by atomic mass is 9.86. The molecule has 0 aliphatic carbocycles. The Morgan fingerprint density at radius 1 is 1.41 bits per heavy atom. The molecule has 2 heterocycles. The van der Waals surface area contributed by atoms with Gasteiger partial charge in [-0.15, -0.1) is 0 Å². The van der Waals surface area contributed by atoms with Gasteiger partial charge < -0.3 is 14.7 Å². The smallest absolute Gasteiger partial charge is 0.0584 e. The fourth-order valence-electron chi connectivity index (χ4n) is 2.75. The van der Waals surface area contributed by atoms with Crippen molar-refractivity contribution in [2.45, 2.75) is 13.3 Å². The Bertz CT molecular complexity index is 421. The summed E-state index contributed by atoms with van der Waals surface area (Å²) < 4.78 is 5.26. The number of aryl methyl sites for hydroxylation is 1. The zero-order valence-electron chi connectivity index (χ0n) is 10.3. The Labute approximate surface area is 102 Å². The molecule has 0 unspecified atom stereocenters. The molecule has 0 aromatic heterocycles. The van der Waals surface area contributed by atoms with Crippen LogP contribution in [0.25, 0.3) is 0 Å². The minimum absolute atomic E-state index is 0.0225. The van der Waals surface area contributed by atoms with Gasteiger partial charge in [0.2, 0.25) is 0 Å². The van der Waals surface area contributed by atoms with E-state index in [9.17, 15) is 5.11 Å². The molecule has 0 bridgehead atoms. The van der Waals surface area contributed by atoms with Crippen molar-refractivity contribution in [3.8, 4) is 0 Å². The average Bonchev–Trinajstić information content (AvgIpc) is 2.66. The molecule has 2 aliphatic heterocycles. The third kappa shape index (κ3) is 1.83. The van der Waals surface area contributed by atoms with Gasteiger partial charge in [0.1, 0.15) is 0 Å². The lowest BCUT2D eigenvalue weighted by molar-refractivity contribution is -0.130. The van der Waals surface area contributed by atoms with Crippen molar-refractivity contribution < 1.29 is 9.84 Å². The first-order valence-corrected chi connectivity index (χ1v) is 6.26. The molecule has 3 nitrogen and oxygen atoms in total. The van der Waals surface area contributed by atoms with E-state index in [2.05, 4.69) is 30.0 Å². The number of hydrogen-bond donors (Lipinski definition) is 1. The number of aliphatic hydroxyl groups excluding tert-OH is 1. The maximum absolute atomic E-state index is 9.49. The zero-order chi connectivity index (χ0) is 11.9. The van der Waals surface area contributed by atoms with Crippen molar-refractivity contribution in [3.05, 3.63) is 29.3 Å². The van der Waals surface area contributed by atoms with E-state index in [4.69, 9.17) is 4.74 Å². The van der Waals surface area contributed by atoms with Crippen molar-refractivity contribution in [3.63, 3.8) is 0 Å². The molecule has 17 heavy (non-hydrogen) atoms. The maximum Gasteiger partial charge on any atom is 0.0584 e. The Morgan fingerprint density at radius 2 is 2.24 bits per heavy atom. The Morgan fingerprint density at radius 3 is 2.88 bits per heavy atom. The molecule has 0 spiro atoms. The summed E-state index contributed by atoms with van der Waals surface area (Å²) in [6, 6.07) is 6.66. The van der Waals surface area contributed by atoms with Crippen LogP contribution in [0.1, 0.15) is 11.1 Å². The summed E-state index contributed by atoms with van der Waals surface area (Å²) in [7, 11) is 0. The SMILES string of the molecule is Cc1ccc2c(c1)N(CC1(CO)COC1)CC2. The number of hydrogen-bond acceptors (Lipinski definition) is 3. The molecular weight excluding hydrogens is 214 g/mol. The van der Waals surface area contributed by atoms with Gasteiger partial charge in [-0.2, -0.15) is 0 Å². The van der Waals surface area contributed by atoms with E-state index in [1.54, 1.807) is 0 Å². The van der Waals surface area contributed by atoms with E-state index < -0.39 is 0 Å². The van der Waals surface area contributed by atoms with Gasteiger partial charge in [-0.25, -0.2) is 0 Å². The highest BCUT2D eigenvalue weighted by molar-refractivity contribution is 5.59. The molecule has 1 fully saturated rings. The second-order valence-electron chi connectivity index (χ2n) is 5.45. The lowest BCUT2D eigenvalue weighted by Gasteiger charge is -2.43. The number of nitrogens with zero attached hydrogens (tertiary/aromatic N) is 1. The van der Waals surface area contributed by atoms with Gasteiger partial charge in [-0.3, -0.25) is 0 Å². The molecule has 1 N–H and O–H groups in total. The molecule has 1 aromatic carbocycles. The number of aliphatic hydroxyl groups is 1. The van der Waals surface area contributed by atoms with E-state index in [0.29, 0.717) is 13.2 Å². The predicted molar refractivity (Wildman–Crippen MR) is 67.4 cm³/mol. The minimum atomic E-state index is -0.0225. The average molecular weight is 233 g/mol. The van der Waals surface area contributed by atoms with Crippen LogP contribution in [0.4, 0.5) is 5.69 Å². The number of ether oxygens (including phenoxy) is 1. The van der Waals surface area contributed by atoms with E-state index in [-0.39, 0.29) is 12.0 Å². The first kappa shape index (κ1) is 11.1. The predicted octanol–water partition coefficient (Wildman–Crippen LogP) is 1.37. The fraction of sp³-hybridized carbons (Fsp3) is 0.571. The third-order valence-corrected chi connectivity index (χ3v) is 3.91. The minimum Gasteiger partial charge on any atom is -0.396 e. The first-order chi connectivity index (χ1) is 8.22. The van der Waals surface area contributed by atoms with Crippen LogP contribution in [0.2, 0.25) is 0 Å². The monoisotopic (exact) mass is 233 g/mol. The highest BCUT2D eigenvalue weighted by atomic mass is 16.5. The standard InChI is InChI=1S/C14H19NO2/c1-11-2-3-12-4-5-15(13(12)6-11)7-14(8-16)9-17-10-14/h2-3,6,16H,4-5,7-10H2,1H3. The number of benzene rings is 1. The lowest BCUT2D eigenvalue weighted by Crippen LogP contribution is -2.53. The summed E-state index contributed by atoms with van der Waals surface area (Å²) in [6.07, 6.45) is 1.12. The van der Waals surface area contributed by atoms with E-state index >= 15 is 0 Å². The van der Waals surface area contributed by atoms with Gasteiger partial charge in [0, 0.05) is 18.8 Å². The van der Waals surface area contributed by atoms with Crippen LogP contribution in [0.3, 0.4) is 0 Å². The third-order valence-electron chi connectivity index (χ3n) is 3.91. The molecule has 92 valence electrons. The van der Waals surface area contributed by atoms with Crippen molar-refractivity contribution in [1.82, 2.24) is 0 Å². The molecule has 3 heteroatoms. The number of fused-ring (bicyclic) bond motifs is 1. The molecule has 2 aliphatic rings. The van der Waals surface area contributed by atoms with Gasteiger partial charge in [0.25, 0.3) is 0 Å². The second kappa shape index (κ2) is 4.00. The topological polar surface area (TPSA) is 32.7 Å². The van der Waals surface area contributed by atoms with Gasteiger partial charge >= 0.3 is 0 Å². The summed E-state index contributed by atoms with van der Waals surface area (Å²) in [6.45, 7) is 5.73. The molecule has 0 radical (unpaired) electrons. The Kier molecular flexibility index (Phi) is 2.60. The van der Waals surface area contributed by atoms with E-state index in [1.165, 1.54) is 16.8 Å². The quantitative estimate of drug-likeness (QED) is 0.856. The molecule has 0 saturated carbocycles. The summed E-state index contributed by atoms with van der Waals surface area (Å²) in [5.74, 6) is 0. The first-order valence-electron chi connectivity index (χ1n) is 6.26. The molecular formula is C14H19NO2. The highest BCUT2D eigenvalue weighted by Gasteiger charge is 2.40. The molecule has 1 aromatic rings. The van der Waals surface area contributed by atoms with Crippen molar-refractivity contribution in [1.29, 1.82) is 0 Å². The van der Waals surface area contributed by atoms with Gasteiger partial charge in [-0.1, -0.05) is 12.1 Å². The van der Waals surface area contributed by atoms with Crippen molar-refractivity contribution in [2.24, 2.45) is 5.41 Å². The molecule has 0 atom stereocenters. The Hall–Kier alpha value is -1.06. The van der Waals surface area contributed by atoms with Crippen LogP contribution >= 0.6 is 0 Å². The normalized spacial score (nSPS) is 21.2. The highest BCUT2D eigenvalue weighted by Crippen LogP contribution is 2.34. The van der Waals surface area contributed by atoms with Crippen LogP contribution in [0, 0.1) is 12.3 Å². The maximum atomic E-state index is 9.49. The van der Waals surface area contributed by atoms with Gasteiger partial charge in [0.05, 0.1) is 25.2 Å². The molecule has 1 saturated heterocycles. The van der Waals surface area contributed by atoms with E-state index in [0.717, 1.165) is 19.5 Å². The van der Waals surface area contributed by atoms with E-state index in [1.807, 2.05) is 0 Å². The molecule has 3 rings (SSSR count). The van der Waals surface area contributed by atoms with Gasteiger partial charge in [-0.05, 0) is 30.5 Å². The number of anilines is 1. The fourth-order valence-corrected chi connectivity index (χ4v) is 2.75. The van der Waals surface area contributed by atoms with Gasteiger partial charge in [0.15, 0.2) is 0 Å². The zero-order valence-corrected chi connectivity index (χ0v) is 10.3. The molecule has 0 amide bonds. The Balaban J connectivity index is 1.81. The summed E-state index contributed by atoms with van der Waals surface area (Å²) in [4.78, 5) is 2.40. The summed E-state index contributed by atoms with van der Waals surface area (Å²) >= 11 is 0.